The van der Waals surface area contributed by atoms with E-state index in [1.165, 1.54) is 6.92 Å². The second-order valence-electron chi connectivity index (χ2n) is 8.10. The standard InChI is InChI=1S/C22H31N3O4/c1-13(2)18(24-20(27)17-10-8-15(5)9-11-17)21(28)29-16(6)19(26)25-22(7,12-23)14(3)4/h8-11,13-14,16,18H,1-7H3,(H,24,27)(H,25,26). The Labute approximate surface area is 172 Å². The fourth-order valence-corrected chi connectivity index (χ4v) is 2.39. The van der Waals surface area contributed by atoms with Gasteiger partial charge in [-0.05, 0) is 44.7 Å². The van der Waals surface area contributed by atoms with Crippen LogP contribution in [0.3, 0.4) is 0 Å². The van der Waals surface area contributed by atoms with E-state index in [0.717, 1.165) is 5.56 Å². The number of aryl methyl sites for hydroxylation is 1. The molecule has 0 aromatic heterocycles. The van der Waals surface area contributed by atoms with Crippen LogP contribution < -0.4 is 10.6 Å². The Bertz CT molecular complexity index is 780. The van der Waals surface area contributed by atoms with Gasteiger partial charge >= 0.3 is 5.97 Å². The number of benzene rings is 1. The molecule has 0 aliphatic carbocycles. The highest BCUT2D eigenvalue weighted by Crippen LogP contribution is 2.16. The van der Waals surface area contributed by atoms with Crippen LogP contribution in [-0.4, -0.2) is 35.5 Å². The Morgan fingerprint density at radius 1 is 1.07 bits per heavy atom. The number of esters is 1. The Kier molecular flexibility index (Phi) is 8.38. The van der Waals surface area contributed by atoms with E-state index in [0.29, 0.717) is 5.56 Å². The minimum absolute atomic E-state index is 0.128. The number of carbonyl (C=O) groups excluding carboxylic acids is 3. The maximum absolute atomic E-state index is 12.6. The molecule has 0 spiro atoms. The number of nitriles is 1. The summed E-state index contributed by atoms with van der Waals surface area (Å²) in [5.74, 6) is -2.03. The summed E-state index contributed by atoms with van der Waals surface area (Å²) < 4.78 is 5.29. The molecule has 158 valence electrons. The van der Waals surface area contributed by atoms with Crippen LogP contribution in [0.1, 0.15) is 57.5 Å². The molecule has 0 saturated heterocycles. The van der Waals surface area contributed by atoms with Crippen LogP contribution in [0.15, 0.2) is 24.3 Å². The van der Waals surface area contributed by atoms with Crippen LogP contribution in [0, 0.1) is 30.1 Å². The topological polar surface area (TPSA) is 108 Å². The second-order valence-corrected chi connectivity index (χ2v) is 8.10. The van der Waals surface area contributed by atoms with Crippen molar-refractivity contribution in [3.05, 3.63) is 35.4 Å². The van der Waals surface area contributed by atoms with E-state index in [1.807, 2.05) is 32.9 Å². The second kappa shape index (κ2) is 10.1. The van der Waals surface area contributed by atoms with E-state index in [9.17, 15) is 19.6 Å². The average molecular weight is 402 g/mol. The lowest BCUT2D eigenvalue weighted by atomic mass is 9.90. The fraction of sp³-hybridized carbons (Fsp3) is 0.545. The molecule has 0 bridgehead atoms. The Hall–Kier alpha value is -2.88. The predicted molar refractivity (Wildman–Crippen MR) is 110 cm³/mol. The van der Waals surface area contributed by atoms with Crippen molar-refractivity contribution < 1.29 is 19.1 Å². The Morgan fingerprint density at radius 3 is 2.07 bits per heavy atom. The van der Waals surface area contributed by atoms with Gasteiger partial charge in [-0.2, -0.15) is 5.26 Å². The summed E-state index contributed by atoms with van der Waals surface area (Å²) in [7, 11) is 0. The van der Waals surface area contributed by atoms with Crippen molar-refractivity contribution in [2.24, 2.45) is 11.8 Å². The first-order valence-corrected chi connectivity index (χ1v) is 9.72. The van der Waals surface area contributed by atoms with Crippen molar-refractivity contribution in [3.63, 3.8) is 0 Å². The summed E-state index contributed by atoms with van der Waals surface area (Å²) in [6.07, 6.45) is -1.11. The van der Waals surface area contributed by atoms with E-state index < -0.39 is 35.5 Å². The lowest BCUT2D eigenvalue weighted by molar-refractivity contribution is -0.158. The highest BCUT2D eigenvalue weighted by molar-refractivity contribution is 5.97. The van der Waals surface area contributed by atoms with Crippen molar-refractivity contribution in [1.82, 2.24) is 10.6 Å². The van der Waals surface area contributed by atoms with Gasteiger partial charge in [-0.1, -0.05) is 45.4 Å². The molecule has 0 heterocycles. The molecule has 1 aromatic carbocycles. The van der Waals surface area contributed by atoms with Gasteiger partial charge in [0.2, 0.25) is 0 Å². The summed E-state index contributed by atoms with van der Waals surface area (Å²) in [5, 5.41) is 14.6. The molecule has 1 rings (SSSR count). The lowest BCUT2D eigenvalue weighted by Gasteiger charge is -2.29. The zero-order valence-corrected chi connectivity index (χ0v) is 18.2. The van der Waals surface area contributed by atoms with Gasteiger partial charge in [-0.25, -0.2) is 4.79 Å². The van der Waals surface area contributed by atoms with Crippen molar-refractivity contribution >= 4 is 17.8 Å². The Balaban J connectivity index is 2.81. The molecular formula is C22H31N3O4. The highest BCUT2D eigenvalue weighted by Gasteiger charge is 2.34. The third-order valence-corrected chi connectivity index (χ3v) is 4.95. The first-order valence-electron chi connectivity index (χ1n) is 9.72. The number of hydrogen-bond acceptors (Lipinski definition) is 5. The van der Waals surface area contributed by atoms with E-state index >= 15 is 0 Å². The molecule has 2 amide bonds. The smallest absolute Gasteiger partial charge is 0.329 e. The number of carbonyl (C=O) groups is 3. The zero-order chi connectivity index (χ0) is 22.4. The molecule has 3 unspecified atom stereocenters. The fourth-order valence-electron chi connectivity index (χ4n) is 2.39. The van der Waals surface area contributed by atoms with Crippen molar-refractivity contribution in [2.45, 2.75) is 66.2 Å². The molecule has 0 saturated carbocycles. The largest absolute Gasteiger partial charge is 0.451 e. The van der Waals surface area contributed by atoms with Crippen molar-refractivity contribution in [2.75, 3.05) is 0 Å². The van der Waals surface area contributed by atoms with Crippen LogP contribution in [0.2, 0.25) is 0 Å². The van der Waals surface area contributed by atoms with Crippen molar-refractivity contribution in [3.8, 4) is 6.07 Å². The number of nitrogens with one attached hydrogen (secondary N) is 2. The van der Waals surface area contributed by atoms with Gasteiger partial charge in [-0.15, -0.1) is 0 Å². The number of amides is 2. The van der Waals surface area contributed by atoms with Gasteiger partial charge in [0.05, 0.1) is 6.07 Å². The molecule has 7 nitrogen and oxygen atoms in total. The van der Waals surface area contributed by atoms with Gasteiger partial charge in [0, 0.05) is 5.56 Å². The average Bonchev–Trinajstić information content (AvgIpc) is 2.65. The van der Waals surface area contributed by atoms with Gasteiger partial charge < -0.3 is 15.4 Å². The first kappa shape index (κ1) is 24.2. The summed E-state index contributed by atoms with van der Waals surface area (Å²) in [6.45, 7) is 12.1. The highest BCUT2D eigenvalue weighted by atomic mass is 16.5. The van der Waals surface area contributed by atoms with Crippen LogP contribution in [0.4, 0.5) is 0 Å². The molecule has 3 atom stereocenters. The van der Waals surface area contributed by atoms with Crippen LogP contribution in [0.5, 0.6) is 0 Å². The van der Waals surface area contributed by atoms with Crippen LogP contribution in [0.25, 0.3) is 0 Å². The summed E-state index contributed by atoms with van der Waals surface area (Å²) in [6, 6.07) is 8.14. The molecule has 0 aliphatic rings. The van der Waals surface area contributed by atoms with Crippen LogP contribution in [-0.2, 0) is 14.3 Å². The number of rotatable bonds is 8. The van der Waals surface area contributed by atoms with Crippen molar-refractivity contribution in [1.29, 1.82) is 5.26 Å². The van der Waals surface area contributed by atoms with E-state index in [-0.39, 0.29) is 11.8 Å². The third kappa shape index (κ3) is 6.60. The van der Waals surface area contributed by atoms with Gasteiger partial charge in [0.1, 0.15) is 11.6 Å². The summed E-state index contributed by atoms with van der Waals surface area (Å²) in [4.78, 5) is 37.5. The SMILES string of the molecule is Cc1ccc(C(=O)NC(C(=O)OC(C)C(=O)NC(C)(C#N)C(C)C)C(C)C)cc1. The Morgan fingerprint density at radius 2 is 1.62 bits per heavy atom. The minimum atomic E-state index is -1.11. The number of ether oxygens (including phenoxy) is 1. The normalized spacial score (nSPS) is 15.0. The first-order chi connectivity index (χ1) is 13.4. The molecule has 2 N–H and O–H groups in total. The monoisotopic (exact) mass is 401 g/mol. The molecular weight excluding hydrogens is 370 g/mol. The van der Waals surface area contributed by atoms with Gasteiger partial charge in [-0.3, -0.25) is 9.59 Å². The maximum atomic E-state index is 12.6. The minimum Gasteiger partial charge on any atom is -0.451 e. The lowest BCUT2D eigenvalue weighted by Crippen LogP contribution is -2.53. The summed E-state index contributed by atoms with van der Waals surface area (Å²) in [5.41, 5.74) is 0.378. The van der Waals surface area contributed by atoms with E-state index in [4.69, 9.17) is 4.74 Å². The number of hydrogen-bond donors (Lipinski definition) is 2. The maximum Gasteiger partial charge on any atom is 0.329 e. The molecule has 7 heteroatoms. The van der Waals surface area contributed by atoms with Crippen LogP contribution >= 0.6 is 0 Å². The quantitative estimate of drug-likeness (QED) is 0.651. The molecule has 1 aromatic rings. The van der Waals surface area contributed by atoms with Gasteiger partial charge in [0.25, 0.3) is 11.8 Å². The molecule has 0 radical (unpaired) electrons. The van der Waals surface area contributed by atoms with E-state index in [1.54, 1.807) is 32.9 Å². The zero-order valence-electron chi connectivity index (χ0n) is 18.2. The molecule has 0 aliphatic heterocycles. The van der Waals surface area contributed by atoms with E-state index in [2.05, 4.69) is 16.7 Å². The molecule has 29 heavy (non-hydrogen) atoms. The summed E-state index contributed by atoms with van der Waals surface area (Å²) >= 11 is 0. The number of nitrogens with zero attached hydrogens (tertiary/aromatic N) is 1. The third-order valence-electron chi connectivity index (χ3n) is 4.95. The predicted octanol–water partition coefficient (Wildman–Crippen LogP) is 2.74. The van der Waals surface area contributed by atoms with Gasteiger partial charge in [0.15, 0.2) is 6.10 Å². The molecule has 0 fully saturated rings.